The Morgan fingerprint density at radius 1 is 0.652 bits per heavy atom. The van der Waals surface area contributed by atoms with Gasteiger partial charge in [-0.3, -0.25) is 0 Å². The molecule has 0 rings (SSSR count). The van der Waals surface area contributed by atoms with Crippen LogP contribution in [0.3, 0.4) is 0 Å². The lowest BCUT2D eigenvalue weighted by Gasteiger charge is -2.24. The Bertz CT molecular complexity index is 234. The van der Waals surface area contributed by atoms with Gasteiger partial charge >= 0.3 is 8.80 Å². The summed E-state index contributed by atoms with van der Waals surface area (Å²) in [5.41, 5.74) is 5.43. The number of hydrogen-bond acceptors (Lipinski definition) is 5. The van der Waals surface area contributed by atoms with Gasteiger partial charge in [-0.25, -0.2) is 0 Å². The summed E-state index contributed by atoms with van der Waals surface area (Å²) in [5, 5.41) is 3.34. The van der Waals surface area contributed by atoms with Crippen LogP contribution in [0.25, 0.3) is 0 Å². The SMILES string of the molecule is CO[Si](CCCCCCCCCCCCNCCN)(OC)OC. The van der Waals surface area contributed by atoms with Crippen LogP contribution in [-0.2, 0) is 13.3 Å². The molecule has 0 spiro atoms. The number of unbranched alkanes of at least 4 members (excludes halogenated alkanes) is 9. The van der Waals surface area contributed by atoms with Crippen molar-refractivity contribution in [3.05, 3.63) is 0 Å². The summed E-state index contributed by atoms with van der Waals surface area (Å²) < 4.78 is 16.3. The fraction of sp³-hybridized carbons (Fsp3) is 1.00. The lowest BCUT2D eigenvalue weighted by Crippen LogP contribution is -2.42. The van der Waals surface area contributed by atoms with Crippen LogP contribution in [0, 0.1) is 0 Å². The molecule has 140 valence electrons. The second kappa shape index (κ2) is 16.9. The van der Waals surface area contributed by atoms with Crippen molar-refractivity contribution in [2.75, 3.05) is 41.0 Å². The van der Waals surface area contributed by atoms with Gasteiger partial charge in [-0.2, -0.15) is 0 Å². The largest absolute Gasteiger partial charge is 0.500 e. The molecule has 5 nitrogen and oxygen atoms in total. The minimum Gasteiger partial charge on any atom is -0.377 e. The minimum absolute atomic E-state index is 0.742. The molecule has 0 radical (unpaired) electrons. The predicted molar refractivity (Wildman–Crippen MR) is 99.7 cm³/mol. The van der Waals surface area contributed by atoms with Crippen LogP contribution in [0.2, 0.25) is 6.04 Å². The van der Waals surface area contributed by atoms with E-state index in [4.69, 9.17) is 19.0 Å². The maximum absolute atomic E-state index is 5.43. The summed E-state index contributed by atoms with van der Waals surface area (Å²) >= 11 is 0. The van der Waals surface area contributed by atoms with E-state index in [0.717, 1.165) is 32.1 Å². The molecule has 0 aliphatic carbocycles. The van der Waals surface area contributed by atoms with Gasteiger partial charge in [0.25, 0.3) is 0 Å². The van der Waals surface area contributed by atoms with E-state index in [1.807, 2.05) is 0 Å². The Morgan fingerprint density at radius 3 is 1.52 bits per heavy atom. The summed E-state index contributed by atoms with van der Waals surface area (Å²) in [5.74, 6) is 0. The Morgan fingerprint density at radius 2 is 1.09 bits per heavy atom. The summed E-state index contributed by atoms with van der Waals surface area (Å²) in [6.45, 7) is 2.81. The van der Waals surface area contributed by atoms with E-state index in [9.17, 15) is 0 Å². The van der Waals surface area contributed by atoms with Gasteiger partial charge in [-0.15, -0.1) is 0 Å². The van der Waals surface area contributed by atoms with Crippen molar-refractivity contribution >= 4 is 8.80 Å². The fourth-order valence-corrected chi connectivity index (χ4v) is 4.58. The number of nitrogens with two attached hydrogens (primary N) is 1. The summed E-state index contributed by atoms with van der Waals surface area (Å²) in [7, 11) is 2.73. The lowest BCUT2D eigenvalue weighted by atomic mass is 10.1. The average molecular weight is 349 g/mol. The molecule has 0 atom stereocenters. The highest BCUT2D eigenvalue weighted by Gasteiger charge is 2.36. The van der Waals surface area contributed by atoms with Crippen LogP contribution in [0.1, 0.15) is 64.2 Å². The van der Waals surface area contributed by atoms with Gasteiger partial charge in [0.15, 0.2) is 0 Å². The van der Waals surface area contributed by atoms with Gasteiger partial charge in [-0.05, 0) is 19.4 Å². The smallest absolute Gasteiger partial charge is 0.377 e. The van der Waals surface area contributed by atoms with Crippen LogP contribution in [0.5, 0.6) is 0 Å². The molecule has 6 heteroatoms. The molecule has 0 saturated heterocycles. The quantitative estimate of drug-likeness (QED) is 0.294. The molecule has 0 aliphatic heterocycles. The van der Waals surface area contributed by atoms with E-state index < -0.39 is 8.80 Å². The third-order valence-corrected chi connectivity index (χ3v) is 7.17. The van der Waals surface area contributed by atoms with Crippen LogP contribution in [0.4, 0.5) is 0 Å². The van der Waals surface area contributed by atoms with E-state index >= 15 is 0 Å². The highest BCUT2D eigenvalue weighted by Crippen LogP contribution is 2.18. The molecule has 0 unspecified atom stereocenters. The normalized spacial score (nSPS) is 12.0. The number of rotatable bonds is 18. The zero-order valence-corrected chi connectivity index (χ0v) is 16.7. The Balaban J connectivity index is 3.25. The van der Waals surface area contributed by atoms with Gasteiger partial charge in [0, 0.05) is 40.5 Å². The maximum atomic E-state index is 5.43. The van der Waals surface area contributed by atoms with Crippen molar-refractivity contribution in [2.45, 2.75) is 70.3 Å². The molecular formula is C17H40N2O3Si. The molecule has 0 saturated carbocycles. The molecular weight excluding hydrogens is 308 g/mol. The van der Waals surface area contributed by atoms with Crippen molar-refractivity contribution in [1.82, 2.24) is 5.32 Å². The first-order chi connectivity index (χ1) is 11.2. The van der Waals surface area contributed by atoms with Gasteiger partial charge in [-0.1, -0.05) is 51.4 Å². The molecule has 0 bridgehead atoms. The molecule has 3 N–H and O–H groups in total. The topological polar surface area (TPSA) is 65.7 Å². The molecule has 0 amide bonds. The van der Waals surface area contributed by atoms with Gasteiger partial charge < -0.3 is 24.3 Å². The minimum atomic E-state index is -2.33. The molecule has 0 aliphatic rings. The third-order valence-electron chi connectivity index (χ3n) is 4.34. The number of nitrogens with one attached hydrogen (secondary N) is 1. The van der Waals surface area contributed by atoms with E-state index in [2.05, 4.69) is 5.32 Å². The molecule has 0 aromatic rings. The number of hydrogen-bond donors (Lipinski definition) is 2. The second-order valence-corrected chi connectivity index (χ2v) is 9.21. The van der Waals surface area contributed by atoms with Crippen molar-refractivity contribution in [1.29, 1.82) is 0 Å². The molecule has 0 fully saturated rings. The molecule has 0 heterocycles. The summed E-state index contributed by atoms with van der Waals surface area (Å²) in [4.78, 5) is 0. The van der Waals surface area contributed by atoms with Crippen LogP contribution < -0.4 is 11.1 Å². The predicted octanol–water partition coefficient (Wildman–Crippen LogP) is 3.31. The standard InChI is InChI=1S/C17H40N2O3Si/c1-20-23(21-2,22-3)17-13-11-9-7-5-4-6-8-10-12-15-19-16-14-18/h19H,4-18H2,1-3H3. The zero-order valence-electron chi connectivity index (χ0n) is 15.7. The van der Waals surface area contributed by atoms with E-state index in [1.165, 1.54) is 57.8 Å². The monoisotopic (exact) mass is 348 g/mol. The first-order valence-electron chi connectivity index (χ1n) is 9.31. The Kier molecular flexibility index (Phi) is 16.9. The maximum Gasteiger partial charge on any atom is 0.500 e. The van der Waals surface area contributed by atoms with E-state index in [0.29, 0.717) is 0 Å². The molecule has 0 aromatic heterocycles. The fourth-order valence-electron chi connectivity index (χ4n) is 2.79. The summed E-state index contributed by atoms with van der Waals surface area (Å²) in [6.07, 6.45) is 13.2. The zero-order chi connectivity index (χ0) is 17.2. The first-order valence-corrected chi connectivity index (χ1v) is 11.2. The lowest BCUT2D eigenvalue weighted by molar-refractivity contribution is 0.122. The van der Waals surface area contributed by atoms with Crippen molar-refractivity contribution < 1.29 is 13.3 Å². The third kappa shape index (κ3) is 13.0. The van der Waals surface area contributed by atoms with Crippen LogP contribution >= 0.6 is 0 Å². The molecule has 23 heavy (non-hydrogen) atoms. The van der Waals surface area contributed by atoms with Crippen molar-refractivity contribution in [3.63, 3.8) is 0 Å². The van der Waals surface area contributed by atoms with Crippen LogP contribution in [0.15, 0.2) is 0 Å². The van der Waals surface area contributed by atoms with E-state index in [1.54, 1.807) is 21.3 Å². The van der Waals surface area contributed by atoms with Crippen molar-refractivity contribution in [2.24, 2.45) is 5.73 Å². The van der Waals surface area contributed by atoms with Gasteiger partial charge in [0.2, 0.25) is 0 Å². The summed E-state index contributed by atoms with van der Waals surface area (Å²) in [6, 6.07) is 0.925. The first kappa shape index (κ1) is 23.0. The highest BCUT2D eigenvalue weighted by atomic mass is 28.4. The highest BCUT2D eigenvalue weighted by molar-refractivity contribution is 6.60. The van der Waals surface area contributed by atoms with Gasteiger partial charge in [0.05, 0.1) is 0 Å². The van der Waals surface area contributed by atoms with E-state index in [-0.39, 0.29) is 0 Å². The van der Waals surface area contributed by atoms with Gasteiger partial charge in [0.1, 0.15) is 0 Å². The van der Waals surface area contributed by atoms with Crippen LogP contribution in [-0.4, -0.2) is 49.8 Å². The Labute approximate surface area is 145 Å². The van der Waals surface area contributed by atoms with Crippen molar-refractivity contribution in [3.8, 4) is 0 Å². The second-order valence-electron chi connectivity index (χ2n) is 6.12. The molecule has 0 aromatic carbocycles. The average Bonchev–Trinajstić information content (AvgIpc) is 2.59. The Hall–Kier alpha value is 0.0169.